The molecule has 3 aliphatic heterocycles. The van der Waals surface area contributed by atoms with Gasteiger partial charge in [0.1, 0.15) is 23.5 Å². The second kappa shape index (κ2) is 10.5. The summed E-state index contributed by atoms with van der Waals surface area (Å²) in [5.74, 6) is 0.0377. The minimum atomic E-state index is -0.441. The average Bonchev–Trinajstić information content (AvgIpc) is 3.20. The molecule has 1 aromatic rings. The summed E-state index contributed by atoms with van der Waals surface area (Å²) in [7, 11) is 0. The van der Waals surface area contributed by atoms with Gasteiger partial charge in [0.05, 0.1) is 29.4 Å². The maximum Gasteiger partial charge on any atom is 0.258 e. The molecule has 2 N–H and O–H groups in total. The number of aliphatic imine (C=N–C) groups is 1. The number of nitrogens with one attached hydrogen (secondary N) is 2. The van der Waals surface area contributed by atoms with E-state index in [1.807, 2.05) is 0 Å². The maximum atomic E-state index is 14.0. The highest BCUT2D eigenvalue weighted by Gasteiger charge is 2.32. The SMILES string of the molecule is CCCCN1CCC(Oc2cc(F)ccc2C(=O)N2CC(=N)/C(=C3/N=CC(Cl)=CN3)C2)CC1. The number of carbonyl (C=O) groups excluding carboxylic acids is 1. The van der Waals surface area contributed by atoms with Crippen molar-refractivity contribution < 1.29 is 13.9 Å². The molecule has 0 spiro atoms. The standard InChI is InChI=1S/C24H29ClFN5O2/c1-2-3-8-30-9-6-18(7-10-30)33-22-11-17(26)4-5-19(22)24(32)31-14-20(21(27)15-31)23-28-12-16(25)13-29-23/h4-5,11-13,18,27-28H,2-3,6-10,14-15H2,1H3/b23-20+,27-21?. The first-order valence-electron chi connectivity index (χ1n) is 11.4. The van der Waals surface area contributed by atoms with Crippen LogP contribution in [0.5, 0.6) is 5.75 Å². The highest BCUT2D eigenvalue weighted by molar-refractivity contribution is 6.39. The molecular weight excluding hydrogens is 445 g/mol. The predicted octanol–water partition coefficient (Wildman–Crippen LogP) is 3.91. The number of halogens is 2. The van der Waals surface area contributed by atoms with Crippen molar-refractivity contribution in [3.05, 3.63) is 52.2 Å². The second-order valence-electron chi connectivity index (χ2n) is 8.55. The molecule has 0 aliphatic carbocycles. The van der Waals surface area contributed by atoms with E-state index in [1.165, 1.54) is 37.3 Å². The molecule has 0 atom stereocenters. The highest BCUT2D eigenvalue weighted by Crippen LogP contribution is 2.28. The van der Waals surface area contributed by atoms with Gasteiger partial charge in [-0.3, -0.25) is 4.79 Å². The van der Waals surface area contributed by atoms with Crippen molar-refractivity contribution in [3.63, 3.8) is 0 Å². The Morgan fingerprint density at radius 1 is 1.33 bits per heavy atom. The lowest BCUT2D eigenvalue weighted by Crippen LogP contribution is -2.39. The lowest BCUT2D eigenvalue weighted by Gasteiger charge is -2.32. The molecule has 0 aromatic heterocycles. The Kier molecular flexibility index (Phi) is 7.45. The first-order chi connectivity index (χ1) is 15.9. The molecule has 0 radical (unpaired) electrons. The van der Waals surface area contributed by atoms with Gasteiger partial charge in [0.25, 0.3) is 5.91 Å². The summed E-state index contributed by atoms with van der Waals surface area (Å²) in [5, 5.41) is 11.7. The van der Waals surface area contributed by atoms with Crippen LogP contribution in [0.25, 0.3) is 0 Å². The lowest BCUT2D eigenvalue weighted by atomic mass is 10.1. The minimum Gasteiger partial charge on any atom is -0.489 e. The fourth-order valence-electron chi connectivity index (χ4n) is 4.25. The number of carbonyl (C=O) groups is 1. The smallest absolute Gasteiger partial charge is 0.258 e. The normalized spacial score (nSPS) is 21.8. The molecule has 3 heterocycles. The Morgan fingerprint density at radius 3 is 2.82 bits per heavy atom. The number of allylic oxidation sites excluding steroid dienone is 1. The Labute approximate surface area is 198 Å². The first-order valence-corrected chi connectivity index (χ1v) is 11.8. The third-order valence-electron chi connectivity index (χ3n) is 6.13. The molecule has 0 saturated carbocycles. The van der Waals surface area contributed by atoms with Crippen LogP contribution in [0.4, 0.5) is 4.39 Å². The number of rotatable bonds is 6. The summed E-state index contributed by atoms with van der Waals surface area (Å²) in [6.45, 7) is 5.54. The molecule has 2 saturated heterocycles. The topological polar surface area (TPSA) is 81.0 Å². The van der Waals surface area contributed by atoms with Crippen LogP contribution in [0.2, 0.25) is 0 Å². The molecule has 0 bridgehead atoms. The van der Waals surface area contributed by atoms with Crippen molar-refractivity contribution in [2.24, 2.45) is 4.99 Å². The van der Waals surface area contributed by atoms with E-state index in [9.17, 15) is 9.18 Å². The van der Waals surface area contributed by atoms with E-state index < -0.39 is 5.82 Å². The lowest BCUT2D eigenvalue weighted by molar-refractivity contribution is 0.0777. The largest absolute Gasteiger partial charge is 0.489 e. The Bertz CT molecular complexity index is 1010. The molecular formula is C24H29ClFN5O2. The van der Waals surface area contributed by atoms with Crippen molar-refractivity contribution in [1.29, 1.82) is 5.41 Å². The Morgan fingerprint density at radius 2 is 2.12 bits per heavy atom. The molecule has 4 rings (SSSR count). The van der Waals surface area contributed by atoms with Crippen LogP contribution >= 0.6 is 11.6 Å². The van der Waals surface area contributed by atoms with Gasteiger partial charge in [-0.2, -0.15) is 0 Å². The van der Waals surface area contributed by atoms with Gasteiger partial charge in [-0.25, -0.2) is 9.38 Å². The Hall–Kier alpha value is -2.71. The molecule has 1 aromatic carbocycles. The molecule has 3 aliphatic rings. The quantitative estimate of drug-likeness (QED) is 0.656. The van der Waals surface area contributed by atoms with E-state index in [0.717, 1.165) is 32.5 Å². The zero-order valence-electron chi connectivity index (χ0n) is 18.7. The summed E-state index contributed by atoms with van der Waals surface area (Å²) in [5.41, 5.74) is 1.24. The van der Waals surface area contributed by atoms with Crippen molar-refractivity contribution >= 4 is 29.4 Å². The zero-order chi connectivity index (χ0) is 23.4. The van der Waals surface area contributed by atoms with Crippen LogP contribution in [0, 0.1) is 11.2 Å². The number of benzene rings is 1. The van der Waals surface area contributed by atoms with Gasteiger partial charge in [0.2, 0.25) is 0 Å². The van der Waals surface area contributed by atoms with Crippen molar-refractivity contribution in [1.82, 2.24) is 15.1 Å². The molecule has 7 nitrogen and oxygen atoms in total. The maximum absolute atomic E-state index is 14.0. The van der Waals surface area contributed by atoms with Gasteiger partial charge < -0.3 is 25.3 Å². The van der Waals surface area contributed by atoms with Gasteiger partial charge >= 0.3 is 0 Å². The van der Waals surface area contributed by atoms with Crippen LogP contribution in [0.1, 0.15) is 43.0 Å². The minimum absolute atomic E-state index is 0.0527. The first kappa shape index (κ1) is 23.4. The van der Waals surface area contributed by atoms with E-state index in [2.05, 4.69) is 22.1 Å². The molecule has 1 amide bonds. The summed E-state index contributed by atoms with van der Waals surface area (Å²) in [4.78, 5) is 21.5. The number of hydrogen-bond donors (Lipinski definition) is 2. The van der Waals surface area contributed by atoms with Crippen LogP contribution in [0.15, 0.2) is 45.8 Å². The van der Waals surface area contributed by atoms with Crippen molar-refractivity contribution in [2.75, 3.05) is 32.7 Å². The molecule has 9 heteroatoms. The fraction of sp³-hybridized carbons (Fsp3) is 0.458. The summed E-state index contributed by atoms with van der Waals surface area (Å²) in [6, 6.07) is 4.03. The molecule has 0 unspecified atom stereocenters. The number of amides is 1. The third kappa shape index (κ3) is 5.62. The number of piperidine rings is 1. The molecule has 33 heavy (non-hydrogen) atoms. The van der Waals surface area contributed by atoms with Crippen LogP contribution in [0.3, 0.4) is 0 Å². The monoisotopic (exact) mass is 473 g/mol. The summed E-state index contributed by atoms with van der Waals surface area (Å²) >= 11 is 5.89. The van der Waals surface area contributed by atoms with Gasteiger partial charge in [-0.05, 0) is 37.9 Å². The highest BCUT2D eigenvalue weighted by atomic mass is 35.5. The van der Waals surface area contributed by atoms with E-state index in [0.29, 0.717) is 27.7 Å². The van der Waals surface area contributed by atoms with Crippen molar-refractivity contribution in [3.8, 4) is 5.75 Å². The summed E-state index contributed by atoms with van der Waals surface area (Å²) in [6.07, 6.45) is 7.08. The van der Waals surface area contributed by atoms with Crippen LogP contribution in [-0.2, 0) is 0 Å². The van der Waals surface area contributed by atoms with E-state index >= 15 is 0 Å². The van der Waals surface area contributed by atoms with E-state index in [4.69, 9.17) is 21.7 Å². The molecule has 176 valence electrons. The van der Waals surface area contributed by atoms with Gasteiger partial charge in [-0.15, -0.1) is 0 Å². The van der Waals surface area contributed by atoms with Gasteiger partial charge in [-0.1, -0.05) is 24.9 Å². The van der Waals surface area contributed by atoms with Gasteiger partial charge in [0, 0.05) is 37.1 Å². The number of hydrogen-bond acceptors (Lipinski definition) is 6. The second-order valence-corrected chi connectivity index (χ2v) is 8.99. The number of nitrogens with zero attached hydrogens (tertiary/aromatic N) is 3. The van der Waals surface area contributed by atoms with Crippen molar-refractivity contribution in [2.45, 2.75) is 38.7 Å². The fourth-order valence-corrected chi connectivity index (χ4v) is 4.35. The van der Waals surface area contributed by atoms with E-state index in [-0.39, 0.29) is 30.9 Å². The number of ether oxygens (including phenoxy) is 1. The third-order valence-corrected chi connectivity index (χ3v) is 6.34. The summed E-state index contributed by atoms with van der Waals surface area (Å²) < 4.78 is 20.2. The predicted molar refractivity (Wildman–Crippen MR) is 128 cm³/mol. The van der Waals surface area contributed by atoms with Gasteiger partial charge in [0.15, 0.2) is 0 Å². The van der Waals surface area contributed by atoms with Crippen LogP contribution in [-0.4, -0.2) is 66.5 Å². The van der Waals surface area contributed by atoms with E-state index in [1.54, 1.807) is 11.1 Å². The zero-order valence-corrected chi connectivity index (χ0v) is 19.5. The van der Waals surface area contributed by atoms with Crippen LogP contribution < -0.4 is 10.1 Å². The Balaban J connectivity index is 1.45. The molecule has 2 fully saturated rings. The number of likely N-dealkylation sites (tertiary alicyclic amines) is 2. The average molecular weight is 474 g/mol. The number of unbranched alkanes of at least 4 members (excludes halogenated alkanes) is 1.